The molecule has 2 N–H and O–H groups in total. The SMILES string of the molecule is N#Cc1c(NC(=O)C[NH+](Cc2ccco2)Cc2cccs2)sc2c1CCC2. The Morgan fingerprint density at radius 1 is 1.30 bits per heavy atom. The number of hydrogen-bond donors (Lipinski definition) is 2. The van der Waals surface area contributed by atoms with Crippen molar-refractivity contribution in [2.75, 3.05) is 11.9 Å². The van der Waals surface area contributed by atoms with E-state index in [2.05, 4.69) is 17.5 Å². The molecule has 0 spiro atoms. The van der Waals surface area contributed by atoms with Crippen LogP contribution in [-0.4, -0.2) is 12.5 Å². The normalized spacial score (nSPS) is 13.9. The zero-order chi connectivity index (χ0) is 18.6. The molecule has 3 heterocycles. The van der Waals surface area contributed by atoms with E-state index in [1.807, 2.05) is 23.6 Å². The summed E-state index contributed by atoms with van der Waals surface area (Å²) in [5.41, 5.74) is 1.79. The lowest BCUT2D eigenvalue weighted by Crippen LogP contribution is -3.10. The Balaban J connectivity index is 1.46. The second-order valence-electron chi connectivity index (χ2n) is 6.66. The van der Waals surface area contributed by atoms with Crippen molar-refractivity contribution in [1.82, 2.24) is 0 Å². The van der Waals surface area contributed by atoms with E-state index < -0.39 is 0 Å². The Hall–Kier alpha value is -2.40. The van der Waals surface area contributed by atoms with E-state index in [1.165, 1.54) is 9.75 Å². The molecule has 4 rings (SSSR count). The Labute approximate surface area is 165 Å². The number of anilines is 1. The largest absolute Gasteiger partial charge is 0.463 e. The molecule has 7 heteroatoms. The third kappa shape index (κ3) is 4.14. The summed E-state index contributed by atoms with van der Waals surface area (Å²) in [4.78, 5) is 16.3. The maximum Gasteiger partial charge on any atom is 0.280 e. The fraction of sp³-hybridized carbons (Fsp3) is 0.300. The fourth-order valence-corrected chi connectivity index (χ4v) is 5.55. The van der Waals surface area contributed by atoms with Crippen molar-refractivity contribution in [2.45, 2.75) is 32.4 Å². The van der Waals surface area contributed by atoms with Gasteiger partial charge in [-0.3, -0.25) is 4.79 Å². The predicted octanol–water partition coefficient (Wildman–Crippen LogP) is 2.99. The number of rotatable bonds is 7. The highest BCUT2D eigenvalue weighted by Gasteiger charge is 2.24. The molecule has 0 radical (unpaired) electrons. The third-order valence-corrected chi connectivity index (χ3v) is 6.79. The van der Waals surface area contributed by atoms with Crippen molar-refractivity contribution in [3.05, 3.63) is 62.6 Å². The molecule has 0 saturated heterocycles. The lowest BCUT2D eigenvalue weighted by Gasteiger charge is -2.17. The molecule has 1 amide bonds. The predicted molar refractivity (Wildman–Crippen MR) is 106 cm³/mol. The van der Waals surface area contributed by atoms with Gasteiger partial charge in [0.05, 0.1) is 16.7 Å². The minimum absolute atomic E-state index is 0.0652. The molecule has 5 nitrogen and oxygen atoms in total. The van der Waals surface area contributed by atoms with Crippen molar-refractivity contribution in [2.24, 2.45) is 0 Å². The minimum atomic E-state index is -0.0652. The number of nitrogens with one attached hydrogen (secondary N) is 2. The van der Waals surface area contributed by atoms with Crippen LogP contribution in [-0.2, 0) is 30.7 Å². The van der Waals surface area contributed by atoms with Gasteiger partial charge in [0.15, 0.2) is 12.3 Å². The average molecular weight is 399 g/mol. The van der Waals surface area contributed by atoms with Gasteiger partial charge in [0.25, 0.3) is 5.91 Å². The monoisotopic (exact) mass is 398 g/mol. The van der Waals surface area contributed by atoms with Gasteiger partial charge in [-0.1, -0.05) is 6.07 Å². The van der Waals surface area contributed by atoms with Crippen LogP contribution in [0.5, 0.6) is 0 Å². The van der Waals surface area contributed by atoms with Crippen LogP contribution in [0.25, 0.3) is 0 Å². The van der Waals surface area contributed by atoms with Crippen LogP contribution in [0, 0.1) is 11.3 Å². The molecule has 3 aromatic heterocycles. The van der Waals surface area contributed by atoms with Gasteiger partial charge >= 0.3 is 0 Å². The molecule has 1 aliphatic carbocycles. The minimum Gasteiger partial charge on any atom is -0.463 e. The highest BCUT2D eigenvalue weighted by atomic mass is 32.1. The number of nitriles is 1. The summed E-state index contributed by atoms with van der Waals surface area (Å²) in [5.74, 6) is 0.798. The molecule has 0 aliphatic heterocycles. The molecular formula is C20H20N3O2S2+. The first-order valence-corrected chi connectivity index (χ1v) is 10.7. The molecule has 0 saturated carbocycles. The van der Waals surface area contributed by atoms with Gasteiger partial charge in [-0.15, -0.1) is 22.7 Å². The molecule has 3 aromatic rings. The van der Waals surface area contributed by atoms with Gasteiger partial charge in [-0.25, -0.2) is 0 Å². The molecule has 1 unspecified atom stereocenters. The Morgan fingerprint density at radius 3 is 2.96 bits per heavy atom. The molecule has 0 bridgehead atoms. The van der Waals surface area contributed by atoms with Gasteiger partial charge in [0, 0.05) is 4.88 Å². The second-order valence-corrected chi connectivity index (χ2v) is 8.80. The number of fused-ring (bicyclic) bond motifs is 1. The smallest absolute Gasteiger partial charge is 0.280 e. The first kappa shape index (κ1) is 18.0. The first-order chi connectivity index (χ1) is 13.2. The summed E-state index contributed by atoms with van der Waals surface area (Å²) >= 11 is 3.25. The van der Waals surface area contributed by atoms with Crippen LogP contribution in [0.15, 0.2) is 40.3 Å². The van der Waals surface area contributed by atoms with E-state index >= 15 is 0 Å². The van der Waals surface area contributed by atoms with E-state index in [1.54, 1.807) is 28.9 Å². The Kier molecular flexibility index (Phi) is 5.39. The third-order valence-electron chi connectivity index (χ3n) is 4.71. The Morgan fingerprint density at radius 2 is 2.22 bits per heavy atom. The van der Waals surface area contributed by atoms with E-state index in [0.29, 0.717) is 23.7 Å². The molecule has 0 aromatic carbocycles. The van der Waals surface area contributed by atoms with Crippen molar-refractivity contribution >= 4 is 33.6 Å². The van der Waals surface area contributed by atoms with Gasteiger partial charge < -0.3 is 14.6 Å². The van der Waals surface area contributed by atoms with E-state index in [9.17, 15) is 10.1 Å². The molecule has 1 atom stereocenters. The summed E-state index contributed by atoms with van der Waals surface area (Å²) < 4.78 is 5.47. The molecular weight excluding hydrogens is 378 g/mol. The number of amides is 1. The summed E-state index contributed by atoms with van der Waals surface area (Å²) in [6, 6.07) is 10.2. The van der Waals surface area contributed by atoms with Crippen LogP contribution in [0.3, 0.4) is 0 Å². The number of nitrogens with zero attached hydrogens (tertiary/aromatic N) is 1. The van der Waals surface area contributed by atoms with Gasteiger partial charge in [-0.2, -0.15) is 5.26 Å². The van der Waals surface area contributed by atoms with Crippen molar-refractivity contribution in [1.29, 1.82) is 5.26 Å². The van der Waals surface area contributed by atoms with Gasteiger partial charge in [-0.05, 0) is 48.4 Å². The van der Waals surface area contributed by atoms with E-state index in [0.717, 1.165) is 42.0 Å². The summed E-state index contributed by atoms with van der Waals surface area (Å²) in [6.45, 7) is 1.73. The number of furan rings is 1. The van der Waals surface area contributed by atoms with Crippen LogP contribution < -0.4 is 10.2 Å². The standard InChI is InChI=1S/C20H19N3O2S2/c21-10-17-16-6-1-7-18(16)27-20(17)22-19(24)13-23(11-14-4-2-8-25-14)12-15-5-3-9-26-15/h2-5,8-9H,1,6-7,11-13H2,(H,22,24)/p+1. The van der Waals surface area contributed by atoms with Crippen LogP contribution in [0.1, 0.15) is 33.1 Å². The van der Waals surface area contributed by atoms with Gasteiger partial charge in [0.2, 0.25) is 0 Å². The number of carbonyl (C=O) groups excluding carboxylic acids is 1. The topological polar surface area (TPSA) is 70.5 Å². The second kappa shape index (κ2) is 8.09. The summed E-state index contributed by atoms with van der Waals surface area (Å²) in [5, 5.41) is 15.2. The highest BCUT2D eigenvalue weighted by molar-refractivity contribution is 7.16. The number of aryl methyl sites for hydroxylation is 1. The van der Waals surface area contributed by atoms with Crippen molar-refractivity contribution < 1.29 is 14.1 Å². The average Bonchev–Trinajstić information content (AvgIpc) is 3.40. The summed E-state index contributed by atoms with van der Waals surface area (Å²) in [6.07, 6.45) is 4.72. The zero-order valence-electron chi connectivity index (χ0n) is 14.8. The number of carbonyl (C=O) groups is 1. The maximum absolute atomic E-state index is 12.7. The molecule has 27 heavy (non-hydrogen) atoms. The number of thiophene rings is 2. The van der Waals surface area contributed by atoms with E-state index in [-0.39, 0.29) is 5.91 Å². The maximum atomic E-state index is 12.7. The number of quaternary nitrogens is 1. The molecule has 1 aliphatic rings. The van der Waals surface area contributed by atoms with Gasteiger partial charge in [0.1, 0.15) is 24.2 Å². The highest BCUT2D eigenvalue weighted by Crippen LogP contribution is 2.38. The molecule has 0 fully saturated rings. The molecule has 138 valence electrons. The Bertz CT molecular complexity index is 916. The van der Waals surface area contributed by atoms with Crippen molar-refractivity contribution in [3.8, 4) is 6.07 Å². The number of hydrogen-bond acceptors (Lipinski definition) is 5. The van der Waals surface area contributed by atoms with Crippen molar-refractivity contribution in [3.63, 3.8) is 0 Å². The van der Waals surface area contributed by atoms with Crippen LogP contribution >= 0.6 is 22.7 Å². The zero-order valence-corrected chi connectivity index (χ0v) is 16.4. The lowest BCUT2D eigenvalue weighted by atomic mass is 10.1. The summed E-state index contributed by atoms with van der Waals surface area (Å²) in [7, 11) is 0. The first-order valence-electron chi connectivity index (χ1n) is 8.95. The lowest BCUT2D eigenvalue weighted by molar-refractivity contribution is -0.920. The fourth-order valence-electron chi connectivity index (χ4n) is 3.52. The van der Waals surface area contributed by atoms with E-state index in [4.69, 9.17) is 4.42 Å². The van der Waals surface area contributed by atoms with Crippen LogP contribution in [0.2, 0.25) is 0 Å². The van der Waals surface area contributed by atoms with Crippen LogP contribution in [0.4, 0.5) is 5.00 Å². The quantitative estimate of drug-likeness (QED) is 0.643.